The van der Waals surface area contributed by atoms with Gasteiger partial charge in [-0.05, 0) is 37.5 Å². The first-order valence-electron chi connectivity index (χ1n) is 7.26. The van der Waals surface area contributed by atoms with Crippen molar-refractivity contribution in [2.45, 2.75) is 57.6 Å². The summed E-state index contributed by atoms with van der Waals surface area (Å²) in [6, 6.07) is 0.288. The molecule has 0 aromatic rings. The molecule has 2 aliphatic carbocycles. The summed E-state index contributed by atoms with van der Waals surface area (Å²) in [7, 11) is 1.77. The topological polar surface area (TPSA) is 52.6 Å². The fourth-order valence-corrected chi connectivity index (χ4v) is 2.84. The highest BCUT2D eigenvalue weighted by Gasteiger charge is 2.31. The minimum absolute atomic E-state index is 0.0335. The number of hydrogen-bond donors (Lipinski definition) is 2. The largest absolute Gasteiger partial charge is 0.391 e. The first-order chi connectivity index (χ1) is 8.56. The minimum atomic E-state index is -0.342. The van der Waals surface area contributed by atoms with E-state index < -0.39 is 0 Å². The summed E-state index contributed by atoms with van der Waals surface area (Å²) in [5, 5.41) is 12.9. The molecule has 2 rings (SSSR count). The van der Waals surface area contributed by atoms with Crippen LogP contribution < -0.4 is 5.32 Å². The van der Waals surface area contributed by atoms with E-state index in [0.717, 1.165) is 25.7 Å². The number of carbonyl (C=O) groups excluding carboxylic acids is 1. The standard InChI is InChI=1S/C14H26N2O2/c1-10-4-3-5-12(8-10)15-14(18)16(2)9-13(17)11-6-7-11/h10-13,17H,3-9H2,1-2H3,(H,15,18). The van der Waals surface area contributed by atoms with Crippen molar-refractivity contribution in [2.24, 2.45) is 11.8 Å². The molecule has 0 aromatic carbocycles. The quantitative estimate of drug-likeness (QED) is 0.806. The van der Waals surface area contributed by atoms with Gasteiger partial charge in [0.2, 0.25) is 0 Å². The third kappa shape index (κ3) is 3.87. The van der Waals surface area contributed by atoms with Gasteiger partial charge in [0, 0.05) is 19.6 Å². The van der Waals surface area contributed by atoms with Gasteiger partial charge in [-0.3, -0.25) is 0 Å². The van der Waals surface area contributed by atoms with Gasteiger partial charge in [0.1, 0.15) is 0 Å². The van der Waals surface area contributed by atoms with E-state index >= 15 is 0 Å². The van der Waals surface area contributed by atoms with Gasteiger partial charge in [-0.25, -0.2) is 4.79 Å². The average molecular weight is 254 g/mol. The zero-order valence-corrected chi connectivity index (χ0v) is 11.6. The van der Waals surface area contributed by atoms with Crippen LogP contribution in [0.3, 0.4) is 0 Å². The van der Waals surface area contributed by atoms with Crippen molar-refractivity contribution in [3.63, 3.8) is 0 Å². The number of likely N-dealkylation sites (N-methyl/N-ethyl adjacent to an activating group) is 1. The van der Waals surface area contributed by atoms with Crippen LogP contribution >= 0.6 is 0 Å². The predicted molar refractivity (Wildman–Crippen MR) is 71.3 cm³/mol. The number of urea groups is 1. The lowest BCUT2D eigenvalue weighted by atomic mass is 9.87. The lowest BCUT2D eigenvalue weighted by molar-refractivity contribution is 0.111. The lowest BCUT2D eigenvalue weighted by Crippen LogP contribution is -2.47. The van der Waals surface area contributed by atoms with Crippen molar-refractivity contribution < 1.29 is 9.90 Å². The van der Waals surface area contributed by atoms with Crippen LogP contribution in [0.5, 0.6) is 0 Å². The molecule has 2 amide bonds. The lowest BCUT2D eigenvalue weighted by Gasteiger charge is -2.30. The minimum Gasteiger partial charge on any atom is -0.391 e. The second kappa shape index (κ2) is 5.91. The van der Waals surface area contributed by atoms with E-state index in [4.69, 9.17) is 0 Å². The summed E-state index contributed by atoms with van der Waals surface area (Å²) < 4.78 is 0. The SMILES string of the molecule is CC1CCCC(NC(=O)N(C)CC(O)C2CC2)C1. The Kier molecular flexibility index (Phi) is 4.49. The molecule has 0 spiro atoms. The van der Waals surface area contributed by atoms with E-state index in [-0.39, 0.29) is 12.1 Å². The van der Waals surface area contributed by atoms with Gasteiger partial charge >= 0.3 is 6.03 Å². The van der Waals surface area contributed by atoms with Crippen LogP contribution in [0.2, 0.25) is 0 Å². The number of nitrogens with zero attached hydrogens (tertiary/aromatic N) is 1. The van der Waals surface area contributed by atoms with Crippen LogP contribution in [0.1, 0.15) is 45.4 Å². The van der Waals surface area contributed by atoms with Crippen molar-refractivity contribution in [1.29, 1.82) is 0 Å². The second-order valence-electron chi connectivity index (χ2n) is 6.20. The van der Waals surface area contributed by atoms with Crippen molar-refractivity contribution in [1.82, 2.24) is 10.2 Å². The molecule has 3 atom stereocenters. The normalized spacial score (nSPS) is 29.7. The van der Waals surface area contributed by atoms with Gasteiger partial charge in [-0.1, -0.05) is 19.8 Å². The Morgan fingerprint density at radius 3 is 2.72 bits per heavy atom. The molecule has 0 aromatic heterocycles. The predicted octanol–water partition coefficient (Wildman–Crippen LogP) is 1.98. The molecule has 3 unspecified atom stereocenters. The number of aliphatic hydroxyl groups is 1. The molecule has 0 aliphatic heterocycles. The second-order valence-corrected chi connectivity index (χ2v) is 6.20. The van der Waals surface area contributed by atoms with E-state index in [1.165, 1.54) is 12.8 Å². The van der Waals surface area contributed by atoms with E-state index in [0.29, 0.717) is 24.4 Å². The molecular weight excluding hydrogens is 228 g/mol. The fourth-order valence-electron chi connectivity index (χ4n) is 2.84. The number of rotatable bonds is 4. The molecular formula is C14H26N2O2. The van der Waals surface area contributed by atoms with Crippen LogP contribution in [-0.2, 0) is 0 Å². The molecule has 2 N–H and O–H groups in total. The molecule has 2 fully saturated rings. The Labute approximate surface area is 110 Å². The van der Waals surface area contributed by atoms with Gasteiger partial charge < -0.3 is 15.3 Å². The number of aliphatic hydroxyl groups excluding tert-OH is 1. The molecule has 4 nitrogen and oxygen atoms in total. The molecule has 0 saturated heterocycles. The van der Waals surface area contributed by atoms with E-state index in [9.17, 15) is 9.90 Å². The Hall–Kier alpha value is -0.770. The molecule has 0 heterocycles. The van der Waals surface area contributed by atoms with Gasteiger partial charge in [-0.2, -0.15) is 0 Å². The highest BCUT2D eigenvalue weighted by atomic mass is 16.3. The Bertz CT molecular complexity index is 292. The smallest absolute Gasteiger partial charge is 0.317 e. The van der Waals surface area contributed by atoms with Gasteiger partial charge in [-0.15, -0.1) is 0 Å². The summed E-state index contributed by atoms with van der Waals surface area (Å²) in [4.78, 5) is 13.6. The highest BCUT2D eigenvalue weighted by molar-refractivity contribution is 5.74. The molecule has 4 heteroatoms. The Morgan fingerprint density at radius 2 is 2.11 bits per heavy atom. The summed E-state index contributed by atoms with van der Waals surface area (Å²) in [6.07, 6.45) is 6.54. The Balaban J connectivity index is 1.72. The monoisotopic (exact) mass is 254 g/mol. The molecule has 104 valence electrons. The number of nitrogens with one attached hydrogen (secondary N) is 1. The molecule has 2 saturated carbocycles. The summed E-state index contributed by atoms with van der Waals surface area (Å²) in [5.74, 6) is 1.14. The Morgan fingerprint density at radius 1 is 1.39 bits per heavy atom. The maximum atomic E-state index is 12.0. The number of amides is 2. The van der Waals surface area contributed by atoms with Gasteiger partial charge in [0.15, 0.2) is 0 Å². The number of hydrogen-bond acceptors (Lipinski definition) is 2. The van der Waals surface area contributed by atoms with Crippen LogP contribution in [-0.4, -0.2) is 41.8 Å². The van der Waals surface area contributed by atoms with E-state index in [1.54, 1.807) is 11.9 Å². The average Bonchev–Trinajstić information content (AvgIpc) is 3.12. The van der Waals surface area contributed by atoms with Crippen molar-refractivity contribution in [3.8, 4) is 0 Å². The summed E-state index contributed by atoms with van der Waals surface area (Å²) >= 11 is 0. The van der Waals surface area contributed by atoms with Crippen LogP contribution in [0.4, 0.5) is 4.79 Å². The summed E-state index contributed by atoms with van der Waals surface area (Å²) in [6.45, 7) is 2.71. The van der Waals surface area contributed by atoms with Crippen LogP contribution in [0, 0.1) is 11.8 Å². The van der Waals surface area contributed by atoms with E-state index in [2.05, 4.69) is 12.2 Å². The molecule has 0 bridgehead atoms. The molecule has 2 aliphatic rings. The third-order valence-electron chi connectivity index (χ3n) is 4.24. The first kappa shape index (κ1) is 13.7. The van der Waals surface area contributed by atoms with Crippen LogP contribution in [0.15, 0.2) is 0 Å². The van der Waals surface area contributed by atoms with E-state index in [1.807, 2.05) is 0 Å². The maximum Gasteiger partial charge on any atom is 0.317 e. The fraction of sp³-hybridized carbons (Fsp3) is 0.929. The van der Waals surface area contributed by atoms with Crippen molar-refractivity contribution in [3.05, 3.63) is 0 Å². The van der Waals surface area contributed by atoms with Crippen molar-refractivity contribution >= 4 is 6.03 Å². The van der Waals surface area contributed by atoms with Crippen molar-refractivity contribution in [2.75, 3.05) is 13.6 Å². The van der Waals surface area contributed by atoms with Gasteiger partial charge in [0.05, 0.1) is 6.10 Å². The third-order valence-corrected chi connectivity index (χ3v) is 4.24. The number of carbonyl (C=O) groups is 1. The first-order valence-corrected chi connectivity index (χ1v) is 7.26. The maximum absolute atomic E-state index is 12.0. The molecule has 0 radical (unpaired) electrons. The van der Waals surface area contributed by atoms with Crippen LogP contribution in [0.25, 0.3) is 0 Å². The zero-order chi connectivity index (χ0) is 13.1. The van der Waals surface area contributed by atoms with Gasteiger partial charge in [0.25, 0.3) is 0 Å². The zero-order valence-electron chi connectivity index (χ0n) is 11.6. The highest BCUT2D eigenvalue weighted by Crippen LogP contribution is 2.32. The summed E-state index contributed by atoms with van der Waals surface area (Å²) in [5.41, 5.74) is 0. The molecule has 18 heavy (non-hydrogen) atoms.